The second kappa shape index (κ2) is 6.25. The summed E-state index contributed by atoms with van der Waals surface area (Å²) in [6.07, 6.45) is 0. The molecule has 0 saturated heterocycles. The number of carbonyl (C=O) groups is 1. The van der Waals surface area contributed by atoms with Gasteiger partial charge in [-0.3, -0.25) is 4.79 Å². The first-order chi connectivity index (χ1) is 8.85. The SMILES string of the molecule is CCN(CC)C(=O)c1cc(S(=O)(=O)Cl)ccc1OC. The molecule has 7 heteroatoms. The molecular weight excluding hydrogens is 290 g/mol. The van der Waals surface area contributed by atoms with Crippen LogP contribution in [-0.2, 0) is 9.05 Å². The molecule has 106 valence electrons. The van der Waals surface area contributed by atoms with Crippen LogP contribution in [0.25, 0.3) is 0 Å². The van der Waals surface area contributed by atoms with Crippen molar-refractivity contribution in [3.05, 3.63) is 23.8 Å². The van der Waals surface area contributed by atoms with Gasteiger partial charge in [-0.2, -0.15) is 0 Å². The fourth-order valence-corrected chi connectivity index (χ4v) is 2.46. The van der Waals surface area contributed by atoms with Gasteiger partial charge in [0.05, 0.1) is 17.6 Å². The molecular formula is C12H16ClNO4S. The quantitative estimate of drug-likeness (QED) is 0.782. The summed E-state index contributed by atoms with van der Waals surface area (Å²) in [5, 5.41) is 0. The second-order valence-corrected chi connectivity index (χ2v) is 6.34. The molecule has 0 aliphatic heterocycles. The number of amides is 1. The molecule has 0 aliphatic carbocycles. The summed E-state index contributed by atoms with van der Waals surface area (Å²) in [4.78, 5) is 13.7. The standard InChI is InChI=1S/C12H16ClNO4S/c1-4-14(5-2)12(15)10-8-9(19(13,16)17)6-7-11(10)18-3/h6-8H,4-5H2,1-3H3. The highest BCUT2D eigenvalue weighted by Crippen LogP contribution is 2.25. The van der Waals surface area contributed by atoms with Gasteiger partial charge in [0.2, 0.25) is 0 Å². The molecule has 0 spiro atoms. The van der Waals surface area contributed by atoms with Crippen LogP contribution in [0.1, 0.15) is 24.2 Å². The van der Waals surface area contributed by atoms with Crippen LogP contribution in [-0.4, -0.2) is 39.4 Å². The Hall–Kier alpha value is -1.27. The summed E-state index contributed by atoms with van der Waals surface area (Å²) in [6.45, 7) is 4.73. The number of methoxy groups -OCH3 is 1. The fourth-order valence-electron chi connectivity index (χ4n) is 1.69. The normalized spacial score (nSPS) is 11.2. The number of benzene rings is 1. The zero-order chi connectivity index (χ0) is 14.6. The summed E-state index contributed by atoms with van der Waals surface area (Å²) >= 11 is 0. The summed E-state index contributed by atoms with van der Waals surface area (Å²) in [5.74, 6) is 0.0324. The van der Waals surface area contributed by atoms with Gasteiger partial charge in [-0.25, -0.2) is 8.42 Å². The predicted octanol–water partition coefficient (Wildman–Crippen LogP) is 2.10. The molecule has 0 bridgehead atoms. The van der Waals surface area contributed by atoms with Gasteiger partial charge < -0.3 is 9.64 Å². The second-order valence-electron chi connectivity index (χ2n) is 3.78. The molecule has 0 aromatic heterocycles. The highest BCUT2D eigenvalue weighted by atomic mass is 35.7. The van der Waals surface area contributed by atoms with Crippen molar-refractivity contribution < 1.29 is 17.9 Å². The summed E-state index contributed by atoms with van der Waals surface area (Å²) in [7, 11) is 2.83. The van der Waals surface area contributed by atoms with E-state index >= 15 is 0 Å². The predicted molar refractivity (Wildman–Crippen MR) is 73.3 cm³/mol. The van der Waals surface area contributed by atoms with E-state index < -0.39 is 9.05 Å². The molecule has 1 rings (SSSR count). The number of hydrogen-bond donors (Lipinski definition) is 0. The smallest absolute Gasteiger partial charge is 0.261 e. The molecule has 1 aromatic carbocycles. The molecule has 0 heterocycles. The van der Waals surface area contributed by atoms with Gasteiger partial charge >= 0.3 is 0 Å². The van der Waals surface area contributed by atoms with Gasteiger partial charge in [-0.1, -0.05) is 0 Å². The lowest BCUT2D eigenvalue weighted by molar-refractivity contribution is 0.0769. The van der Waals surface area contributed by atoms with Crippen LogP contribution < -0.4 is 4.74 Å². The number of hydrogen-bond acceptors (Lipinski definition) is 4. The highest BCUT2D eigenvalue weighted by molar-refractivity contribution is 8.13. The molecule has 1 amide bonds. The van der Waals surface area contributed by atoms with Crippen molar-refractivity contribution in [2.45, 2.75) is 18.7 Å². The van der Waals surface area contributed by atoms with E-state index in [4.69, 9.17) is 15.4 Å². The molecule has 0 atom stereocenters. The third kappa shape index (κ3) is 3.61. The van der Waals surface area contributed by atoms with Crippen molar-refractivity contribution in [2.75, 3.05) is 20.2 Å². The average molecular weight is 306 g/mol. The Labute approximate surface area is 117 Å². The van der Waals surface area contributed by atoms with E-state index in [0.29, 0.717) is 18.8 Å². The zero-order valence-electron chi connectivity index (χ0n) is 11.0. The number of rotatable bonds is 5. The van der Waals surface area contributed by atoms with Crippen LogP contribution in [0.3, 0.4) is 0 Å². The maximum absolute atomic E-state index is 12.3. The maximum atomic E-state index is 12.3. The first-order valence-corrected chi connectivity index (χ1v) is 8.08. The van der Waals surface area contributed by atoms with Crippen molar-refractivity contribution in [3.63, 3.8) is 0 Å². The van der Waals surface area contributed by atoms with Crippen LogP contribution in [0, 0.1) is 0 Å². The van der Waals surface area contributed by atoms with Gasteiger partial charge in [0.1, 0.15) is 5.75 Å². The minimum absolute atomic E-state index is 0.120. The van der Waals surface area contributed by atoms with Gasteiger partial charge in [0.15, 0.2) is 0 Å². The highest BCUT2D eigenvalue weighted by Gasteiger charge is 2.21. The van der Waals surface area contributed by atoms with E-state index in [1.165, 1.54) is 25.3 Å². The molecule has 0 unspecified atom stereocenters. The van der Waals surface area contributed by atoms with Crippen molar-refractivity contribution in [1.29, 1.82) is 0 Å². The van der Waals surface area contributed by atoms with Crippen molar-refractivity contribution in [2.24, 2.45) is 0 Å². The van der Waals surface area contributed by atoms with Crippen LogP contribution in [0.15, 0.2) is 23.1 Å². The minimum Gasteiger partial charge on any atom is -0.496 e. The van der Waals surface area contributed by atoms with E-state index in [1.807, 2.05) is 13.8 Å². The van der Waals surface area contributed by atoms with Crippen molar-refractivity contribution in [1.82, 2.24) is 4.90 Å². The summed E-state index contributed by atoms with van der Waals surface area (Å²) < 4.78 is 27.7. The third-order valence-electron chi connectivity index (χ3n) is 2.73. The van der Waals surface area contributed by atoms with Crippen LogP contribution in [0.2, 0.25) is 0 Å². The minimum atomic E-state index is -3.88. The Balaban J connectivity index is 3.35. The van der Waals surface area contributed by atoms with Crippen molar-refractivity contribution >= 4 is 25.6 Å². The number of nitrogens with zero attached hydrogens (tertiary/aromatic N) is 1. The van der Waals surface area contributed by atoms with Crippen LogP contribution >= 0.6 is 10.7 Å². The van der Waals surface area contributed by atoms with E-state index in [9.17, 15) is 13.2 Å². The van der Waals surface area contributed by atoms with Crippen LogP contribution in [0.4, 0.5) is 0 Å². The summed E-state index contributed by atoms with van der Waals surface area (Å²) in [6, 6.07) is 3.97. The Morgan fingerprint density at radius 3 is 2.32 bits per heavy atom. The van der Waals surface area contributed by atoms with E-state index in [-0.39, 0.29) is 16.4 Å². The van der Waals surface area contributed by atoms with Gasteiger partial charge in [-0.05, 0) is 32.0 Å². The van der Waals surface area contributed by atoms with E-state index in [0.717, 1.165) is 0 Å². The average Bonchev–Trinajstić information content (AvgIpc) is 2.38. The zero-order valence-corrected chi connectivity index (χ0v) is 12.6. The number of halogens is 1. The molecule has 0 saturated carbocycles. The Morgan fingerprint density at radius 2 is 1.89 bits per heavy atom. The lowest BCUT2D eigenvalue weighted by Gasteiger charge is -2.20. The first kappa shape index (κ1) is 15.8. The molecule has 0 radical (unpaired) electrons. The Kier molecular flexibility index (Phi) is 5.20. The molecule has 5 nitrogen and oxygen atoms in total. The lowest BCUT2D eigenvalue weighted by Crippen LogP contribution is -2.30. The van der Waals surface area contributed by atoms with Crippen LogP contribution in [0.5, 0.6) is 5.75 Å². The molecule has 0 aliphatic rings. The lowest BCUT2D eigenvalue weighted by atomic mass is 10.1. The number of carbonyl (C=O) groups excluding carboxylic acids is 1. The summed E-state index contributed by atoms with van der Waals surface area (Å²) in [5.41, 5.74) is 0.188. The van der Waals surface area contributed by atoms with E-state index in [2.05, 4.69) is 0 Å². The fraction of sp³-hybridized carbons (Fsp3) is 0.417. The third-order valence-corrected chi connectivity index (χ3v) is 4.09. The molecule has 0 N–H and O–H groups in total. The monoisotopic (exact) mass is 305 g/mol. The topological polar surface area (TPSA) is 63.7 Å². The molecule has 19 heavy (non-hydrogen) atoms. The van der Waals surface area contributed by atoms with Gasteiger partial charge in [-0.15, -0.1) is 0 Å². The van der Waals surface area contributed by atoms with Gasteiger partial charge in [0.25, 0.3) is 15.0 Å². The Bertz CT molecular complexity index is 567. The molecule has 0 fully saturated rings. The van der Waals surface area contributed by atoms with Crippen molar-refractivity contribution in [3.8, 4) is 5.75 Å². The van der Waals surface area contributed by atoms with E-state index in [1.54, 1.807) is 4.90 Å². The van der Waals surface area contributed by atoms with Gasteiger partial charge in [0, 0.05) is 23.8 Å². The maximum Gasteiger partial charge on any atom is 0.261 e. The first-order valence-electron chi connectivity index (χ1n) is 5.77. The number of ether oxygens (including phenoxy) is 1. The molecule has 1 aromatic rings. The Morgan fingerprint density at radius 1 is 1.32 bits per heavy atom. The largest absolute Gasteiger partial charge is 0.496 e.